The molecule has 3 heteroatoms. The topological polar surface area (TPSA) is 41.3 Å². The third kappa shape index (κ3) is 1.93. The van der Waals surface area contributed by atoms with Gasteiger partial charge in [-0.05, 0) is 12.3 Å². The summed E-state index contributed by atoms with van der Waals surface area (Å²) in [5, 5.41) is 3.79. The van der Waals surface area contributed by atoms with E-state index in [4.69, 9.17) is 5.73 Å². The van der Waals surface area contributed by atoms with Gasteiger partial charge in [-0.25, -0.2) is 0 Å². The molecule has 2 aliphatic rings. The van der Waals surface area contributed by atoms with Crippen molar-refractivity contribution < 1.29 is 0 Å². The molecule has 0 aromatic rings. The molecule has 2 saturated heterocycles. The average molecular weight is 211 g/mol. The smallest absolute Gasteiger partial charge is 0.0414 e. The molecule has 88 valence electrons. The van der Waals surface area contributed by atoms with Gasteiger partial charge in [-0.1, -0.05) is 27.2 Å². The number of fused-ring (bicyclic) bond motifs is 1. The lowest BCUT2D eigenvalue weighted by Crippen LogP contribution is -2.77. The zero-order chi connectivity index (χ0) is 11.0. The minimum absolute atomic E-state index is 0.403. The first-order valence-corrected chi connectivity index (χ1v) is 6.43. The Balaban J connectivity index is 1.99. The normalized spacial score (nSPS) is 43.2. The fraction of sp³-hybridized carbons (Fsp3) is 1.00. The fourth-order valence-electron chi connectivity index (χ4n) is 3.05. The highest BCUT2D eigenvalue weighted by Crippen LogP contribution is 2.28. The molecule has 15 heavy (non-hydrogen) atoms. The van der Waals surface area contributed by atoms with E-state index in [1.165, 1.54) is 19.4 Å². The molecule has 0 amide bonds. The van der Waals surface area contributed by atoms with Crippen molar-refractivity contribution in [3.8, 4) is 0 Å². The van der Waals surface area contributed by atoms with Gasteiger partial charge in [0.15, 0.2) is 0 Å². The molecule has 2 heterocycles. The van der Waals surface area contributed by atoms with Crippen LogP contribution in [-0.2, 0) is 0 Å². The predicted molar refractivity (Wildman–Crippen MR) is 63.8 cm³/mol. The summed E-state index contributed by atoms with van der Waals surface area (Å²) >= 11 is 0. The van der Waals surface area contributed by atoms with Crippen LogP contribution in [0.15, 0.2) is 0 Å². The minimum atomic E-state index is 0.403. The number of rotatable bonds is 3. The summed E-state index contributed by atoms with van der Waals surface area (Å²) in [6, 6.07) is 2.29. The first kappa shape index (κ1) is 11.4. The number of nitrogens with one attached hydrogen (secondary N) is 1. The third-order valence-electron chi connectivity index (χ3n) is 4.35. The summed E-state index contributed by atoms with van der Waals surface area (Å²) in [5.41, 5.74) is 6.07. The third-order valence-corrected chi connectivity index (χ3v) is 4.35. The van der Waals surface area contributed by atoms with Gasteiger partial charge >= 0.3 is 0 Å². The second kappa shape index (κ2) is 4.40. The van der Waals surface area contributed by atoms with Crippen LogP contribution in [0.3, 0.4) is 0 Å². The van der Waals surface area contributed by atoms with E-state index in [2.05, 4.69) is 31.0 Å². The van der Waals surface area contributed by atoms with Crippen LogP contribution in [0, 0.1) is 5.92 Å². The molecule has 2 aliphatic heterocycles. The lowest BCUT2D eigenvalue weighted by Gasteiger charge is -2.56. The standard InChI is InChI=1S/C12H25N3/c1-4-8(3)11-7-15-6-9(13)12(15)10(5-2)14-11/h8-12,14H,4-7,13H2,1-3H3. The lowest BCUT2D eigenvalue weighted by atomic mass is 9.82. The van der Waals surface area contributed by atoms with Crippen LogP contribution in [0.25, 0.3) is 0 Å². The molecule has 2 rings (SSSR count). The number of nitrogens with zero attached hydrogens (tertiary/aromatic N) is 1. The summed E-state index contributed by atoms with van der Waals surface area (Å²) in [5.74, 6) is 0.775. The Labute approximate surface area is 93.4 Å². The van der Waals surface area contributed by atoms with Crippen LogP contribution in [0.1, 0.15) is 33.6 Å². The van der Waals surface area contributed by atoms with Crippen LogP contribution in [0.4, 0.5) is 0 Å². The van der Waals surface area contributed by atoms with E-state index in [0.29, 0.717) is 24.2 Å². The van der Waals surface area contributed by atoms with Gasteiger partial charge in [0.25, 0.3) is 0 Å². The van der Waals surface area contributed by atoms with Gasteiger partial charge in [0.2, 0.25) is 0 Å². The van der Waals surface area contributed by atoms with Crippen molar-refractivity contribution in [1.29, 1.82) is 0 Å². The Kier molecular flexibility index (Phi) is 3.33. The second-order valence-electron chi connectivity index (χ2n) is 5.28. The SMILES string of the molecule is CCC(C)C1CN2CC(N)C2C(CC)N1. The largest absolute Gasteiger partial charge is 0.325 e. The molecule has 0 aromatic carbocycles. The average Bonchev–Trinajstić information content (AvgIpc) is 2.24. The second-order valence-corrected chi connectivity index (χ2v) is 5.28. The molecule has 3 nitrogen and oxygen atoms in total. The molecule has 0 bridgehead atoms. The Morgan fingerprint density at radius 2 is 2.13 bits per heavy atom. The first-order valence-electron chi connectivity index (χ1n) is 6.43. The summed E-state index contributed by atoms with van der Waals surface area (Å²) < 4.78 is 0. The van der Waals surface area contributed by atoms with Gasteiger partial charge < -0.3 is 11.1 Å². The summed E-state index contributed by atoms with van der Waals surface area (Å²) in [4.78, 5) is 2.58. The number of nitrogens with two attached hydrogens (primary N) is 1. The van der Waals surface area contributed by atoms with Crippen LogP contribution in [-0.4, -0.2) is 42.2 Å². The highest BCUT2D eigenvalue weighted by Gasteiger charge is 2.46. The Bertz CT molecular complexity index is 219. The molecule has 0 aromatic heterocycles. The van der Waals surface area contributed by atoms with Crippen molar-refractivity contribution in [3.63, 3.8) is 0 Å². The molecule has 0 aliphatic carbocycles. The van der Waals surface area contributed by atoms with Crippen molar-refractivity contribution >= 4 is 0 Å². The van der Waals surface area contributed by atoms with Crippen molar-refractivity contribution in [1.82, 2.24) is 10.2 Å². The van der Waals surface area contributed by atoms with E-state index in [0.717, 1.165) is 12.5 Å². The summed E-state index contributed by atoms with van der Waals surface area (Å²) in [6.45, 7) is 9.20. The van der Waals surface area contributed by atoms with Crippen LogP contribution in [0.2, 0.25) is 0 Å². The number of piperazine rings is 1. The van der Waals surface area contributed by atoms with Crippen molar-refractivity contribution in [2.24, 2.45) is 11.7 Å². The maximum absolute atomic E-state index is 6.07. The van der Waals surface area contributed by atoms with Gasteiger partial charge in [0.1, 0.15) is 0 Å². The van der Waals surface area contributed by atoms with Gasteiger partial charge in [0, 0.05) is 37.3 Å². The molecule has 0 spiro atoms. The zero-order valence-corrected chi connectivity index (χ0v) is 10.2. The van der Waals surface area contributed by atoms with E-state index in [1.807, 2.05) is 0 Å². The van der Waals surface area contributed by atoms with Gasteiger partial charge in [-0.2, -0.15) is 0 Å². The lowest BCUT2D eigenvalue weighted by molar-refractivity contribution is -0.0208. The molecule has 0 saturated carbocycles. The molecule has 0 radical (unpaired) electrons. The number of hydrogen-bond donors (Lipinski definition) is 2. The first-order chi connectivity index (χ1) is 7.17. The quantitative estimate of drug-likeness (QED) is 0.725. The van der Waals surface area contributed by atoms with Gasteiger partial charge in [0.05, 0.1) is 0 Å². The van der Waals surface area contributed by atoms with E-state index >= 15 is 0 Å². The zero-order valence-electron chi connectivity index (χ0n) is 10.2. The molecule has 3 N–H and O–H groups in total. The Morgan fingerprint density at radius 3 is 2.67 bits per heavy atom. The van der Waals surface area contributed by atoms with Crippen molar-refractivity contribution in [2.75, 3.05) is 13.1 Å². The molecule has 5 atom stereocenters. The minimum Gasteiger partial charge on any atom is -0.325 e. The number of hydrogen-bond acceptors (Lipinski definition) is 3. The predicted octanol–water partition coefficient (Wildman–Crippen LogP) is 0.794. The van der Waals surface area contributed by atoms with E-state index in [-0.39, 0.29) is 0 Å². The molecule has 5 unspecified atom stereocenters. The van der Waals surface area contributed by atoms with Gasteiger partial charge in [-0.3, -0.25) is 4.90 Å². The van der Waals surface area contributed by atoms with Crippen molar-refractivity contribution in [2.45, 2.75) is 57.8 Å². The van der Waals surface area contributed by atoms with E-state index < -0.39 is 0 Å². The highest BCUT2D eigenvalue weighted by atomic mass is 15.3. The molecule has 2 fully saturated rings. The van der Waals surface area contributed by atoms with E-state index in [1.54, 1.807) is 0 Å². The highest BCUT2D eigenvalue weighted by molar-refractivity contribution is 5.07. The molecular formula is C12H25N3. The maximum Gasteiger partial charge on any atom is 0.0414 e. The maximum atomic E-state index is 6.07. The van der Waals surface area contributed by atoms with Crippen LogP contribution in [0.5, 0.6) is 0 Å². The van der Waals surface area contributed by atoms with Crippen LogP contribution >= 0.6 is 0 Å². The van der Waals surface area contributed by atoms with Crippen molar-refractivity contribution in [3.05, 3.63) is 0 Å². The molecular weight excluding hydrogens is 186 g/mol. The summed E-state index contributed by atoms with van der Waals surface area (Å²) in [6.07, 6.45) is 2.46. The van der Waals surface area contributed by atoms with Crippen LogP contribution < -0.4 is 11.1 Å². The Hall–Kier alpha value is -0.120. The summed E-state index contributed by atoms with van der Waals surface area (Å²) in [7, 11) is 0. The van der Waals surface area contributed by atoms with Gasteiger partial charge in [-0.15, -0.1) is 0 Å². The van der Waals surface area contributed by atoms with E-state index in [9.17, 15) is 0 Å². The fourth-order valence-corrected chi connectivity index (χ4v) is 3.05. The Morgan fingerprint density at radius 1 is 1.40 bits per heavy atom. The monoisotopic (exact) mass is 211 g/mol.